The highest BCUT2D eigenvalue weighted by molar-refractivity contribution is 5.98. The van der Waals surface area contributed by atoms with Crippen molar-refractivity contribution in [3.05, 3.63) is 29.3 Å². The van der Waals surface area contributed by atoms with Crippen LogP contribution in [0, 0.1) is 6.92 Å². The highest BCUT2D eigenvalue weighted by Gasteiger charge is 2.44. The fraction of sp³-hybridized carbons (Fsp3) is 0.467. The van der Waals surface area contributed by atoms with E-state index in [0.717, 1.165) is 12.8 Å². The smallest absolute Gasteiger partial charge is 0.329 e. The monoisotopic (exact) mass is 277 g/mol. The summed E-state index contributed by atoms with van der Waals surface area (Å²) in [5.41, 5.74) is -0.167. The molecule has 1 atom stereocenters. The molecule has 0 bridgehead atoms. The SMILES string of the molecule is Cc1ccc(C(=O)N2CCCCC2(C)C(=O)O)cc1O. The van der Waals surface area contributed by atoms with Gasteiger partial charge >= 0.3 is 5.97 Å². The van der Waals surface area contributed by atoms with Crippen molar-refractivity contribution >= 4 is 11.9 Å². The summed E-state index contributed by atoms with van der Waals surface area (Å²) in [6.45, 7) is 3.75. The van der Waals surface area contributed by atoms with Crippen LogP contribution in [0.25, 0.3) is 0 Å². The number of likely N-dealkylation sites (tertiary alicyclic amines) is 1. The normalized spacial score (nSPS) is 22.6. The third-order valence-corrected chi connectivity index (χ3v) is 4.05. The zero-order valence-electron chi connectivity index (χ0n) is 11.7. The van der Waals surface area contributed by atoms with Crippen LogP contribution in [0.1, 0.15) is 42.1 Å². The van der Waals surface area contributed by atoms with Gasteiger partial charge in [-0.25, -0.2) is 4.79 Å². The standard InChI is InChI=1S/C15H19NO4/c1-10-5-6-11(9-12(10)17)13(18)16-8-4-3-7-15(16,2)14(19)20/h5-6,9,17H,3-4,7-8H2,1-2H3,(H,19,20). The van der Waals surface area contributed by atoms with Gasteiger partial charge in [0, 0.05) is 12.1 Å². The van der Waals surface area contributed by atoms with Crippen LogP contribution in [0.3, 0.4) is 0 Å². The summed E-state index contributed by atoms with van der Waals surface area (Å²) in [6, 6.07) is 4.67. The predicted molar refractivity (Wildman–Crippen MR) is 73.8 cm³/mol. The van der Waals surface area contributed by atoms with Gasteiger partial charge in [-0.15, -0.1) is 0 Å². The summed E-state index contributed by atoms with van der Waals surface area (Å²) >= 11 is 0. The summed E-state index contributed by atoms with van der Waals surface area (Å²) in [4.78, 5) is 25.4. The Labute approximate surface area is 117 Å². The van der Waals surface area contributed by atoms with Gasteiger partial charge in [-0.1, -0.05) is 6.07 Å². The highest BCUT2D eigenvalue weighted by atomic mass is 16.4. The van der Waals surface area contributed by atoms with Crippen LogP contribution in [-0.2, 0) is 4.79 Å². The van der Waals surface area contributed by atoms with Crippen LogP contribution in [0.15, 0.2) is 18.2 Å². The lowest BCUT2D eigenvalue weighted by molar-refractivity contribution is -0.150. The van der Waals surface area contributed by atoms with Crippen molar-refractivity contribution in [1.29, 1.82) is 0 Å². The Balaban J connectivity index is 2.35. The van der Waals surface area contributed by atoms with E-state index >= 15 is 0 Å². The van der Waals surface area contributed by atoms with Gasteiger partial charge in [-0.2, -0.15) is 0 Å². The molecule has 1 heterocycles. The number of aromatic hydroxyl groups is 1. The molecule has 1 aliphatic rings. The van der Waals surface area contributed by atoms with Gasteiger partial charge in [0.2, 0.25) is 0 Å². The second-order valence-electron chi connectivity index (χ2n) is 5.49. The van der Waals surface area contributed by atoms with Crippen LogP contribution < -0.4 is 0 Å². The van der Waals surface area contributed by atoms with Gasteiger partial charge in [0.25, 0.3) is 5.91 Å². The number of phenolic OH excluding ortho intramolecular Hbond substituents is 1. The number of amides is 1. The summed E-state index contributed by atoms with van der Waals surface area (Å²) < 4.78 is 0. The Kier molecular flexibility index (Phi) is 3.70. The topological polar surface area (TPSA) is 77.8 Å². The highest BCUT2D eigenvalue weighted by Crippen LogP contribution is 2.30. The Morgan fingerprint density at radius 1 is 1.30 bits per heavy atom. The summed E-state index contributed by atoms with van der Waals surface area (Å²) in [6.07, 6.45) is 2.05. The number of rotatable bonds is 2. The molecule has 0 aliphatic carbocycles. The van der Waals surface area contributed by atoms with E-state index < -0.39 is 11.5 Å². The number of phenols is 1. The molecule has 1 fully saturated rings. The number of aliphatic carboxylic acids is 1. The van der Waals surface area contributed by atoms with Crippen LogP contribution in [-0.4, -0.2) is 39.1 Å². The van der Waals surface area contributed by atoms with Gasteiger partial charge in [0.15, 0.2) is 0 Å². The molecule has 1 aromatic rings. The Hall–Kier alpha value is -2.04. The van der Waals surface area contributed by atoms with E-state index in [1.54, 1.807) is 26.0 Å². The number of piperidine rings is 1. The number of benzene rings is 1. The molecule has 0 spiro atoms. The molecular formula is C15H19NO4. The number of hydrogen-bond acceptors (Lipinski definition) is 3. The van der Waals surface area contributed by atoms with Crippen LogP contribution >= 0.6 is 0 Å². The first-order valence-corrected chi connectivity index (χ1v) is 6.71. The lowest BCUT2D eigenvalue weighted by Gasteiger charge is -2.41. The zero-order valence-corrected chi connectivity index (χ0v) is 11.7. The van der Waals surface area contributed by atoms with Crippen molar-refractivity contribution in [3.8, 4) is 5.75 Å². The number of carboxylic acids is 1. The Morgan fingerprint density at radius 2 is 2.00 bits per heavy atom. The average Bonchev–Trinajstić information content (AvgIpc) is 2.41. The minimum absolute atomic E-state index is 0.0462. The molecule has 5 nitrogen and oxygen atoms in total. The number of carbonyl (C=O) groups excluding carboxylic acids is 1. The quantitative estimate of drug-likeness (QED) is 0.868. The average molecular weight is 277 g/mol. The molecule has 1 aromatic carbocycles. The van der Waals surface area contributed by atoms with Crippen LogP contribution in [0.5, 0.6) is 5.75 Å². The van der Waals surface area contributed by atoms with Crippen molar-refractivity contribution < 1.29 is 19.8 Å². The molecule has 1 amide bonds. The maximum absolute atomic E-state index is 12.5. The van der Waals surface area contributed by atoms with Gasteiger partial charge in [0.1, 0.15) is 11.3 Å². The lowest BCUT2D eigenvalue weighted by atomic mass is 9.87. The third kappa shape index (κ3) is 2.35. The van der Waals surface area contributed by atoms with E-state index in [0.29, 0.717) is 24.1 Å². The first kappa shape index (κ1) is 14.4. The van der Waals surface area contributed by atoms with Crippen molar-refractivity contribution in [3.63, 3.8) is 0 Å². The van der Waals surface area contributed by atoms with E-state index in [1.165, 1.54) is 11.0 Å². The molecule has 1 unspecified atom stereocenters. The Bertz CT molecular complexity index is 555. The summed E-state index contributed by atoms with van der Waals surface area (Å²) in [7, 11) is 0. The molecule has 2 N–H and O–H groups in total. The summed E-state index contributed by atoms with van der Waals surface area (Å²) in [5.74, 6) is -1.28. The molecule has 1 saturated heterocycles. The first-order chi connectivity index (χ1) is 9.36. The Morgan fingerprint density at radius 3 is 2.60 bits per heavy atom. The number of hydrogen-bond donors (Lipinski definition) is 2. The largest absolute Gasteiger partial charge is 0.508 e. The van der Waals surface area contributed by atoms with Gasteiger partial charge in [-0.3, -0.25) is 4.79 Å². The number of nitrogens with zero attached hydrogens (tertiary/aromatic N) is 1. The molecular weight excluding hydrogens is 258 g/mol. The molecule has 20 heavy (non-hydrogen) atoms. The fourth-order valence-electron chi connectivity index (χ4n) is 2.57. The molecule has 0 radical (unpaired) electrons. The molecule has 0 aromatic heterocycles. The number of aryl methyl sites for hydroxylation is 1. The lowest BCUT2D eigenvalue weighted by Crippen LogP contribution is -2.57. The van der Waals surface area contributed by atoms with E-state index in [-0.39, 0.29) is 11.7 Å². The van der Waals surface area contributed by atoms with Crippen molar-refractivity contribution in [2.24, 2.45) is 0 Å². The first-order valence-electron chi connectivity index (χ1n) is 6.71. The van der Waals surface area contributed by atoms with Crippen LogP contribution in [0.4, 0.5) is 0 Å². The van der Waals surface area contributed by atoms with Crippen LogP contribution in [0.2, 0.25) is 0 Å². The molecule has 2 rings (SSSR count). The van der Waals surface area contributed by atoms with Crippen molar-refractivity contribution in [2.75, 3.05) is 6.54 Å². The molecule has 0 saturated carbocycles. The number of carboxylic acid groups (broad SMARTS) is 1. The maximum Gasteiger partial charge on any atom is 0.329 e. The maximum atomic E-state index is 12.5. The van der Waals surface area contributed by atoms with Gasteiger partial charge in [0.05, 0.1) is 0 Å². The minimum atomic E-state index is -1.17. The third-order valence-electron chi connectivity index (χ3n) is 4.05. The molecule has 108 valence electrons. The fourth-order valence-corrected chi connectivity index (χ4v) is 2.57. The molecule has 5 heteroatoms. The van der Waals surface area contributed by atoms with Gasteiger partial charge < -0.3 is 15.1 Å². The predicted octanol–water partition coefficient (Wildman–Crippen LogP) is 2.17. The minimum Gasteiger partial charge on any atom is -0.508 e. The molecule has 1 aliphatic heterocycles. The van der Waals surface area contributed by atoms with Crippen molar-refractivity contribution in [2.45, 2.75) is 38.6 Å². The second-order valence-corrected chi connectivity index (χ2v) is 5.49. The van der Waals surface area contributed by atoms with Gasteiger partial charge in [-0.05, 0) is 50.8 Å². The van der Waals surface area contributed by atoms with E-state index in [4.69, 9.17) is 0 Å². The van der Waals surface area contributed by atoms with E-state index in [1.807, 2.05) is 0 Å². The van der Waals surface area contributed by atoms with E-state index in [9.17, 15) is 19.8 Å². The second kappa shape index (κ2) is 5.15. The van der Waals surface area contributed by atoms with Crippen molar-refractivity contribution in [1.82, 2.24) is 4.90 Å². The van der Waals surface area contributed by atoms with E-state index in [2.05, 4.69) is 0 Å². The zero-order chi connectivity index (χ0) is 14.9. The number of carbonyl (C=O) groups is 2. The summed E-state index contributed by atoms with van der Waals surface area (Å²) in [5, 5.41) is 19.1.